The third-order valence-electron chi connectivity index (χ3n) is 4.77. The Labute approximate surface area is 189 Å². The van der Waals surface area contributed by atoms with Crippen LogP contribution in [0.1, 0.15) is 18.9 Å². The minimum Gasteiger partial charge on any atom is -0.481 e. The van der Waals surface area contributed by atoms with E-state index in [0.29, 0.717) is 21.8 Å². The fraction of sp³-hybridized carbons (Fsp3) is 0.174. The van der Waals surface area contributed by atoms with Crippen LogP contribution < -0.4 is 10.1 Å². The van der Waals surface area contributed by atoms with Gasteiger partial charge in [0.25, 0.3) is 0 Å². The molecular formula is C23H21ClN4O2S. The second-order valence-electron chi connectivity index (χ2n) is 6.95. The first-order chi connectivity index (χ1) is 15.0. The number of hydrogen-bond acceptors (Lipinski definition) is 5. The zero-order valence-corrected chi connectivity index (χ0v) is 18.7. The number of hydrogen-bond donors (Lipinski definition) is 1. The summed E-state index contributed by atoms with van der Waals surface area (Å²) in [6.07, 6.45) is -0.351. The van der Waals surface area contributed by atoms with E-state index < -0.39 is 0 Å². The summed E-state index contributed by atoms with van der Waals surface area (Å²) in [5, 5.41) is 14.7. The lowest BCUT2D eigenvalue weighted by atomic mass is 10.1. The number of carbonyl (C=O) groups is 1. The van der Waals surface area contributed by atoms with Gasteiger partial charge in [-0.25, -0.2) is 0 Å². The number of nitrogens with one attached hydrogen (secondary N) is 1. The van der Waals surface area contributed by atoms with E-state index in [1.54, 1.807) is 6.07 Å². The quantitative estimate of drug-likeness (QED) is 0.375. The van der Waals surface area contributed by atoms with Gasteiger partial charge in [0.05, 0.1) is 10.8 Å². The van der Waals surface area contributed by atoms with Crippen LogP contribution in [0.5, 0.6) is 5.75 Å². The Morgan fingerprint density at radius 1 is 1.10 bits per heavy atom. The molecule has 3 aromatic carbocycles. The maximum absolute atomic E-state index is 12.5. The summed E-state index contributed by atoms with van der Waals surface area (Å²) in [4.78, 5) is 12.5. The molecule has 0 unspecified atom stereocenters. The van der Waals surface area contributed by atoms with Crippen LogP contribution in [0.3, 0.4) is 0 Å². The van der Waals surface area contributed by atoms with Gasteiger partial charge in [-0.3, -0.25) is 4.79 Å². The van der Waals surface area contributed by atoms with Gasteiger partial charge in [0.1, 0.15) is 5.75 Å². The highest BCUT2D eigenvalue weighted by molar-refractivity contribution is 7.99. The molecule has 0 spiro atoms. The van der Waals surface area contributed by atoms with Crippen LogP contribution in [-0.2, 0) is 11.8 Å². The molecule has 1 amide bonds. The van der Waals surface area contributed by atoms with Crippen molar-refractivity contribution >= 4 is 45.7 Å². The third kappa shape index (κ3) is 4.84. The predicted molar refractivity (Wildman–Crippen MR) is 125 cm³/mol. The maximum Gasteiger partial charge on any atom is 0.234 e. The number of nitrogens with zero attached hydrogens (tertiary/aromatic N) is 3. The standard InChI is InChI=1S/C23H21ClN4O2S/c1-15(30-20-13-6-5-11-18(20)24)22-26-27-23(28(22)2)31-14-21(29)25-19-12-7-9-16-8-3-4-10-17(16)19/h3-13,15H,14H2,1-2H3,(H,25,29)/t15-/m0/s1. The van der Waals surface area contributed by atoms with E-state index in [1.165, 1.54) is 11.8 Å². The number of anilines is 1. The second-order valence-corrected chi connectivity index (χ2v) is 8.30. The number of para-hydroxylation sites is 1. The van der Waals surface area contributed by atoms with Crippen molar-refractivity contribution in [3.8, 4) is 5.75 Å². The Bertz CT molecular complexity index is 1220. The highest BCUT2D eigenvalue weighted by Gasteiger charge is 2.19. The van der Waals surface area contributed by atoms with Crippen molar-refractivity contribution in [1.29, 1.82) is 0 Å². The van der Waals surface area contributed by atoms with E-state index in [0.717, 1.165) is 16.5 Å². The monoisotopic (exact) mass is 452 g/mol. The maximum atomic E-state index is 12.5. The number of amides is 1. The average molecular weight is 453 g/mol. The third-order valence-corrected chi connectivity index (χ3v) is 6.10. The van der Waals surface area contributed by atoms with E-state index in [2.05, 4.69) is 15.5 Å². The second kappa shape index (κ2) is 9.41. The molecule has 0 aliphatic heterocycles. The van der Waals surface area contributed by atoms with Crippen molar-refractivity contribution in [1.82, 2.24) is 14.8 Å². The molecular weight excluding hydrogens is 432 g/mol. The van der Waals surface area contributed by atoms with Crippen LogP contribution in [-0.4, -0.2) is 26.4 Å². The summed E-state index contributed by atoms with van der Waals surface area (Å²) in [7, 11) is 1.85. The van der Waals surface area contributed by atoms with Crippen LogP contribution in [0, 0.1) is 0 Å². The molecule has 0 saturated heterocycles. The molecule has 8 heteroatoms. The summed E-state index contributed by atoms with van der Waals surface area (Å²) in [5.74, 6) is 1.35. The van der Waals surface area contributed by atoms with E-state index in [9.17, 15) is 4.79 Å². The first-order valence-electron chi connectivity index (χ1n) is 9.74. The molecule has 4 rings (SSSR count). The lowest BCUT2D eigenvalue weighted by Crippen LogP contribution is -2.15. The fourth-order valence-electron chi connectivity index (χ4n) is 3.24. The molecule has 1 heterocycles. The molecule has 1 N–H and O–H groups in total. The number of thioether (sulfide) groups is 1. The van der Waals surface area contributed by atoms with Gasteiger partial charge in [0, 0.05) is 18.1 Å². The molecule has 1 aromatic heterocycles. The van der Waals surface area contributed by atoms with Gasteiger partial charge < -0.3 is 14.6 Å². The van der Waals surface area contributed by atoms with Crippen LogP contribution in [0.15, 0.2) is 71.9 Å². The SMILES string of the molecule is C[C@H](Oc1ccccc1Cl)c1nnc(SCC(=O)Nc2cccc3ccccc23)n1C. The van der Waals surface area contributed by atoms with Crippen molar-refractivity contribution in [3.05, 3.63) is 77.6 Å². The van der Waals surface area contributed by atoms with E-state index in [4.69, 9.17) is 16.3 Å². The molecule has 0 aliphatic carbocycles. The number of benzene rings is 3. The Kier molecular flexibility index (Phi) is 6.44. The first-order valence-corrected chi connectivity index (χ1v) is 11.1. The van der Waals surface area contributed by atoms with Crippen molar-refractivity contribution in [2.24, 2.45) is 7.05 Å². The van der Waals surface area contributed by atoms with Gasteiger partial charge in [-0.15, -0.1) is 10.2 Å². The van der Waals surface area contributed by atoms with Crippen LogP contribution in [0.2, 0.25) is 5.02 Å². The number of fused-ring (bicyclic) bond motifs is 1. The number of aromatic nitrogens is 3. The molecule has 0 bridgehead atoms. The molecule has 1 atom stereocenters. The van der Waals surface area contributed by atoms with Gasteiger partial charge in [0.15, 0.2) is 17.1 Å². The summed E-state index contributed by atoms with van der Waals surface area (Å²) >= 11 is 7.49. The molecule has 6 nitrogen and oxygen atoms in total. The molecule has 0 radical (unpaired) electrons. The Morgan fingerprint density at radius 2 is 1.84 bits per heavy atom. The van der Waals surface area contributed by atoms with Crippen molar-refractivity contribution in [2.45, 2.75) is 18.2 Å². The number of ether oxygens (including phenoxy) is 1. The van der Waals surface area contributed by atoms with Crippen molar-refractivity contribution in [3.63, 3.8) is 0 Å². The Balaban J connectivity index is 1.39. The van der Waals surface area contributed by atoms with Gasteiger partial charge in [-0.1, -0.05) is 71.9 Å². The van der Waals surface area contributed by atoms with Crippen LogP contribution in [0.25, 0.3) is 10.8 Å². The number of rotatable bonds is 7. The Morgan fingerprint density at radius 3 is 2.68 bits per heavy atom. The highest BCUT2D eigenvalue weighted by atomic mass is 35.5. The smallest absolute Gasteiger partial charge is 0.234 e. The van der Waals surface area contributed by atoms with Gasteiger partial charge in [0.2, 0.25) is 5.91 Å². The van der Waals surface area contributed by atoms with Gasteiger partial charge in [-0.2, -0.15) is 0 Å². The van der Waals surface area contributed by atoms with Crippen molar-refractivity contribution in [2.75, 3.05) is 11.1 Å². The largest absolute Gasteiger partial charge is 0.481 e. The zero-order valence-electron chi connectivity index (χ0n) is 17.1. The lowest BCUT2D eigenvalue weighted by molar-refractivity contribution is -0.113. The fourth-order valence-corrected chi connectivity index (χ4v) is 4.14. The molecule has 0 aliphatic rings. The molecule has 158 valence electrons. The summed E-state index contributed by atoms with van der Waals surface area (Å²) in [6.45, 7) is 1.88. The van der Waals surface area contributed by atoms with E-state index >= 15 is 0 Å². The summed E-state index contributed by atoms with van der Waals surface area (Å²) < 4.78 is 7.76. The number of carbonyl (C=O) groups excluding carboxylic acids is 1. The lowest BCUT2D eigenvalue weighted by Gasteiger charge is -2.15. The predicted octanol–water partition coefficient (Wildman–Crippen LogP) is 5.49. The van der Waals surface area contributed by atoms with Crippen LogP contribution >= 0.6 is 23.4 Å². The molecule has 4 aromatic rings. The normalized spacial score (nSPS) is 12.0. The first kappa shape index (κ1) is 21.2. The van der Waals surface area contributed by atoms with Crippen molar-refractivity contribution < 1.29 is 9.53 Å². The minimum absolute atomic E-state index is 0.105. The average Bonchev–Trinajstić information content (AvgIpc) is 3.14. The molecule has 0 saturated carbocycles. The topological polar surface area (TPSA) is 69.0 Å². The van der Waals surface area contributed by atoms with Gasteiger partial charge in [-0.05, 0) is 30.5 Å². The minimum atomic E-state index is -0.351. The van der Waals surface area contributed by atoms with E-state index in [1.807, 2.05) is 79.2 Å². The summed E-state index contributed by atoms with van der Waals surface area (Å²) in [6, 6.07) is 21.1. The summed E-state index contributed by atoms with van der Waals surface area (Å²) in [5.41, 5.74) is 0.795. The Hall–Kier alpha value is -3.03. The van der Waals surface area contributed by atoms with Gasteiger partial charge >= 0.3 is 0 Å². The van der Waals surface area contributed by atoms with Crippen LogP contribution in [0.4, 0.5) is 5.69 Å². The molecule has 31 heavy (non-hydrogen) atoms. The highest BCUT2D eigenvalue weighted by Crippen LogP contribution is 2.29. The van der Waals surface area contributed by atoms with E-state index in [-0.39, 0.29) is 17.8 Å². The number of halogens is 1. The zero-order chi connectivity index (χ0) is 21.8. The molecule has 0 fully saturated rings.